The van der Waals surface area contributed by atoms with Crippen LogP contribution in [0.5, 0.6) is 0 Å². The SMILES string of the molecule is CC(C)(Cc1cccc(Cl)c1)C(=O)N1CCC2CCC(C1)N2. The lowest BCUT2D eigenvalue weighted by Crippen LogP contribution is -2.46. The van der Waals surface area contributed by atoms with Crippen LogP contribution in [-0.2, 0) is 11.2 Å². The fraction of sp³-hybridized carbons (Fsp3) is 0.611. The molecule has 2 aliphatic heterocycles. The zero-order chi connectivity index (χ0) is 15.7. The summed E-state index contributed by atoms with van der Waals surface area (Å²) in [5.74, 6) is 0.266. The summed E-state index contributed by atoms with van der Waals surface area (Å²) in [4.78, 5) is 15.1. The predicted molar refractivity (Wildman–Crippen MR) is 90.1 cm³/mol. The van der Waals surface area contributed by atoms with Gasteiger partial charge in [-0.05, 0) is 43.4 Å². The molecule has 2 fully saturated rings. The lowest BCUT2D eigenvalue weighted by atomic mass is 9.84. The molecule has 1 aromatic rings. The summed E-state index contributed by atoms with van der Waals surface area (Å²) >= 11 is 6.06. The van der Waals surface area contributed by atoms with Crippen LogP contribution in [0.2, 0.25) is 5.02 Å². The monoisotopic (exact) mass is 320 g/mol. The number of likely N-dealkylation sites (tertiary alicyclic amines) is 1. The Bertz CT molecular complexity index is 558. The minimum Gasteiger partial charge on any atom is -0.341 e. The Hall–Kier alpha value is -1.06. The van der Waals surface area contributed by atoms with Crippen molar-refractivity contribution in [3.63, 3.8) is 0 Å². The van der Waals surface area contributed by atoms with Crippen molar-refractivity contribution in [2.75, 3.05) is 13.1 Å². The molecule has 2 heterocycles. The molecule has 0 aromatic heterocycles. The van der Waals surface area contributed by atoms with E-state index in [1.807, 2.05) is 38.1 Å². The first-order valence-corrected chi connectivity index (χ1v) is 8.62. The predicted octanol–water partition coefficient (Wildman–Crippen LogP) is 3.26. The van der Waals surface area contributed by atoms with Crippen LogP contribution in [0.1, 0.15) is 38.7 Å². The Morgan fingerprint density at radius 3 is 2.86 bits per heavy atom. The van der Waals surface area contributed by atoms with Crippen LogP contribution in [0, 0.1) is 5.41 Å². The van der Waals surface area contributed by atoms with Gasteiger partial charge in [-0.25, -0.2) is 0 Å². The van der Waals surface area contributed by atoms with Crippen molar-refractivity contribution in [2.24, 2.45) is 5.41 Å². The third kappa shape index (κ3) is 3.47. The van der Waals surface area contributed by atoms with Gasteiger partial charge in [0.05, 0.1) is 0 Å². The summed E-state index contributed by atoms with van der Waals surface area (Å²) in [5, 5.41) is 4.37. The normalized spacial score (nSPS) is 25.1. The average Bonchev–Trinajstić information content (AvgIpc) is 2.77. The minimum absolute atomic E-state index is 0.266. The Labute approximate surface area is 138 Å². The third-order valence-electron chi connectivity index (χ3n) is 4.92. The van der Waals surface area contributed by atoms with Gasteiger partial charge in [-0.2, -0.15) is 0 Å². The van der Waals surface area contributed by atoms with Gasteiger partial charge in [-0.1, -0.05) is 37.6 Å². The van der Waals surface area contributed by atoms with E-state index in [9.17, 15) is 4.79 Å². The second kappa shape index (κ2) is 6.21. The molecule has 2 saturated heterocycles. The van der Waals surface area contributed by atoms with Crippen molar-refractivity contribution in [1.82, 2.24) is 10.2 Å². The van der Waals surface area contributed by atoms with Crippen LogP contribution in [-0.4, -0.2) is 36.0 Å². The number of rotatable bonds is 3. The highest BCUT2D eigenvalue weighted by Gasteiger charge is 2.37. The molecule has 4 heteroatoms. The molecule has 2 unspecified atom stereocenters. The first-order chi connectivity index (χ1) is 10.4. The number of hydrogen-bond acceptors (Lipinski definition) is 2. The highest BCUT2D eigenvalue weighted by atomic mass is 35.5. The molecule has 0 spiro atoms. The zero-order valence-electron chi connectivity index (χ0n) is 13.4. The molecule has 2 bridgehead atoms. The molecule has 0 aliphatic carbocycles. The second-order valence-corrected chi connectivity index (χ2v) is 7.80. The van der Waals surface area contributed by atoms with Gasteiger partial charge in [0.1, 0.15) is 0 Å². The standard InChI is InChI=1S/C18H25ClN2O/c1-18(2,11-13-4-3-5-14(19)10-13)17(22)21-9-8-15-6-7-16(12-21)20-15/h3-5,10,15-16,20H,6-9,11-12H2,1-2H3. The fourth-order valence-corrected chi connectivity index (χ4v) is 4.00. The molecular formula is C18H25ClN2O. The van der Waals surface area contributed by atoms with Crippen LogP contribution in [0.4, 0.5) is 0 Å². The van der Waals surface area contributed by atoms with Gasteiger partial charge in [0.15, 0.2) is 0 Å². The number of amides is 1. The smallest absolute Gasteiger partial charge is 0.228 e. The molecular weight excluding hydrogens is 296 g/mol. The average molecular weight is 321 g/mol. The number of carbonyl (C=O) groups excluding carboxylic acids is 1. The minimum atomic E-state index is -0.395. The van der Waals surface area contributed by atoms with Crippen molar-refractivity contribution in [3.8, 4) is 0 Å². The molecule has 120 valence electrons. The van der Waals surface area contributed by atoms with Crippen LogP contribution < -0.4 is 5.32 Å². The quantitative estimate of drug-likeness (QED) is 0.927. The molecule has 2 aliphatic rings. The molecule has 0 saturated carbocycles. The maximum atomic E-state index is 13.0. The van der Waals surface area contributed by atoms with Gasteiger partial charge >= 0.3 is 0 Å². The van der Waals surface area contributed by atoms with E-state index in [0.29, 0.717) is 12.1 Å². The van der Waals surface area contributed by atoms with E-state index >= 15 is 0 Å². The van der Waals surface area contributed by atoms with E-state index in [-0.39, 0.29) is 5.91 Å². The summed E-state index contributed by atoms with van der Waals surface area (Å²) in [6.07, 6.45) is 4.27. The van der Waals surface area contributed by atoms with Gasteiger partial charge < -0.3 is 10.2 Å². The number of fused-ring (bicyclic) bond motifs is 2. The third-order valence-corrected chi connectivity index (χ3v) is 5.16. The Kier molecular flexibility index (Phi) is 4.47. The van der Waals surface area contributed by atoms with Crippen molar-refractivity contribution in [3.05, 3.63) is 34.9 Å². The summed E-state index contributed by atoms with van der Waals surface area (Å²) in [5.41, 5.74) is 0.731. The first kappa shape index (κ1) is 15.8. The Morgan fingerprint density at radius 2 is 2.09 bits per heavy atom. The summed E-state index contributed by atoms with van der Waals surface area (Å²) in [6.45, 7) is 5.83. The van der Waals surface area contributed by atoms with E-state index < -0.39 is 5.41 Å². The number of carbonyl (C=O) groups is 1. The second-order valence-electron chi connectivity index (χ2n) is 7.37. The molecule has 1 N–H and O–H groups in total. The van der Waals surface area contributed by atoms with E-state index in [2.05, 4.69) is 10.2 Å². The topological polar surface area (TPSA) is 32.3 Å². The molecule has 0 radical (unpaired) electrons. The number of nitrogens with one attached hydrogen (secondary N) is 1. The maximum absolute atomic E-state index is 13.0. The van der Waals surface area contributed by atoms with E-state index in [4.69, 9.17) is 11.6 Å². The Morgan fingerprint density at radius 1 is 1.32 bits per heavy atom. The molecule has 3 rings (SSSR count). The van der Waals surface area contributed by atoms with Gasteiger partial charge in [0.25, 0.3) is 0 Å². The largest absolute Gasteiger partial charge is 0.341 e. The van der Waals surface area contributed by atoms with Crippen LogP contribution in [0.3, 0.4) is 0 Å². The van der Waals surface area contributed by atoms with Crippen molar-refractivity contribution in [1.29, 1.82) is 0 Å². The molecule has 1 aromatic carbocycles. The van der Waals surface area contributed by atoms with Gasteiger partial charge in [-0.3, -0.25) is 4.79 Å². The lowest BCUT2D eigenvalue weighted by molar-refractivity contribution is -0.140. The maximum Gasteiger partial charge on any atom is 0.228 e. The van der Waals surface area contributed by atoms with Gasteiger partial charge in [0, 0.05) is 35.6 Å². The summed E-state index contributed by atoms with van der Waals surface area (Å²) in [7, 11) is 0. The highest BCUT2D eigenvalue weighted by Crippen LogP contribution is 2.28. The Balaban J connectivity index is 1.69. The summed E-state index contributed by atoms with van der Waals surface area (Å²) in [6, 6.07) is 8.93. The van der Waals surface area contributed by atoms with Gasteiger partial charge in [-0.15, -0.1) is 0 Å². The first-order valence-electron chi connectivity index (χ1n) is 8.24. The number of hydrogen-bond donors (Lipinski definition) is 1. The van der Waals surface area contributed by atoms with Crippen molar-refractivity contribution >= 4 is 17.5 Å². The lowest BCUT2D eigenvalue weighted by Gasteiger charge is -2.33. The zero-order valence-corrected chi connectivity index (χ0v) is 14.2. The van der Waals surface area contributed by atoms with Crippen LogP contribution in [0.15, 0.2) is 24.3 Å². The number of nitrogens with zero attached hydrogens (tertiary/aromatic N) is 1. The number of halogens is 1. The summed E-state index contributed by atoms with van der Waals surface area (Å²) < 4.78 is 0. The molecule has 3 nitrogen and oxygen atoms in total. The van der Waals surface area contributed by atoms with Crippen molar-refractivity contribution < 1.29 is 4.79 Å². The number of benzene rings is 1. The fourth-order valence-electron chi connectivity index (χ4n) is 3.79. The molecule has 2 atom stereocenters. The highest BCUT2D eigenvalue weighted by molar-refractivity contribution is 6.30. The van der Waals surface area contributed by atoms with Crippen LogP contribution in [0.25, 0.3) is 0 Å². The molecule has 22 heavy (non-hydrogen) atoms. The van der Waals surface area contributed by atoms with E-state index in [1.54, 1.807) is 0 Å². The van der Waals surface area contributed by atoms with E-state index in [1.165, 1.54) is 12.8 Å². The van der Waals surface area contributed by atoms with Crippen molar-refractivity contribution in [2.45, 2.75) is 51.6 Å². The van der Waals surface area contributed by atoms with Gasteiger partial charge in [0.2, 0.25) is 5.91 Å². The molecule has 1 amide bonds. The van der Waals surface area contributed by atoms with Crippen LogP contribution >= 0.6 is 11.6 Å². The van der Waals surface area contributed by atoms with E-state index in [0.717, 1.165) is 36.5 Å².